The number of aromatic nitrogens is 3. The van der Waals surface area contributed by atoms with Crippen molar-refractivity contribution in [2.45, 2.75) is 13.3 Å². The zero-order chi connectivity index (χ0) is 14.0. The summed E-state index contributed by atoms with van der Waals surface area (Å²) >= 11 is 0. The third-order valence-electron chi connectivity index (χ3n) is 2.73. The Morgan fingerprint density at radius 2 is 2.26 bits per heavy atom. The van der Waals surface area contributed by atoms with Crippen molar-refractivity contribution in [1.82, 2.24) is 15.0 Å². The smallest absolute Gasteiger partial charge is 0.273 e. The fourth-order valence-electron chi connectivity index (χ4n) is 1.79. The van der Waals surface area contributed by atoms with E-state index in [0.29, 0.717) is 23.7 Å². The summed E-state index contributed by atoms with van der Waals surface area (Å²) in [5.74, 6) is 0.678. The summed E-state index contributed by atoms with van der Waals surface area (Å²) in [6.45, 7) is 1.92. The molecule has 8 heteroatoms. The maximum Gasteiger partial charge on any atom is 0.273 e. The van der Waals surface area contributed by atoms with Gasteiger partial charge in [-0.2, -0.15) is 0 Å². The maximum atomic E-state index is 10.7. The summed E-state index contributed by atoms with van der Waals surface area (Å²) in [4.78, 5) is 10.3. The largest absolute Gasteiger partial charge is 0.494 e. The number of non-ortho nitro benzene ring substituents is 1. The van der Waals surface area contributed by atoms with Crippen LogP contribution >= 0.6 is 0 Å². The van der Waals surface area contributed by atoms with Gasteiger partial charge in [0.25, 0.3) is 5.69 Å². The molecule has 0 atom stereocenters. The average molecular weight is 263 g/mol. The van der Waals surface area contributed by atoms with E-state index in [1.165, 1.54) is 23.9 Å². The van der Waals surface area contributed by atoms with Gasteiger partial charge in [0.15, 0.2) is 11.6 Å². The Morgan fingerprint density at radius 3 is 2.84 bits per heavy atom. The number of rotatable bonds is 4. The zero-order valence-electron chi connectivity index (χ0n) is 10.5. The Bertz CT molecular complexity index is 623. The predicted molar refractivity (Wildman–Crippen MR) is 68.4 cm³/mol. The van der Waals surface area contributed by atoms with Crippen LogP contribution in [0.15, 0.2) is 18.2 Å². The van der Waals surface area contributed by atoms with E-state index in [0.717, 1.165) is 5.69 Å². The monoisotopic (exact) mass is 263 g/mol. The van der Waals surface area contributed by atoms with Gasteiger partial charge in [0.2, 0.25) is 0 Å². The van der Waals surface area contributed by atoms with Crippen LogP contribution in [0.25, 0.3) is 5.69 Å². The summed E-state index contributed by atoms with van der Waals surface area (Å²) in [5.41, 5.74) is 6.96. The molecule has 0 aliphatic carbocycles. The predicted octanol–water partition coefficient (Wildman–Crippen LogP) is 1.33. The Balaban J connectivity index is 2.58. The van der Waals surface area contributed by atoms with Gasteiger partial charge < -0.3 is 10.5 Å². The van der Waals surface area contributed by atoms with E-state index in [1.54, 1.807) is 6.07 Å². The van der Waals surface area contributed by atoms with Crippen molar-refractivity contribution in [3.05, 3.63) is 34.0 Å². The number of ether oxygens (including phenoxy) is 1. The number of nitro groups is 1. The first-order valence-electron chi connectivity index (χ1n) is 5.61. The Kier molecular flexibility index (Phi) is 3.32. The first kappa shape index (κ1) is 12.8. The first-order valence-corrected chi connectivity index (χ1v) is 5.61. The van der Waals surface area contributed by atoms with Gasteiger partial charge in [0.05, 0.1) is 23.8 Å². The van der Waals surface area contributed by atoms with E-state index < -0.39 is 4.92 Å². The second-order valence-electron chi connectivity index (χ2n) is 3.80. The van der Waals surface area contributed by atoms with Gasteiger partial charge >= 0.3 is 0 Å². The van der Waals surface area contributed by atoms with Crippen LogP contribution in [0.1, 0.15) is 12.6 Å². The average Bonchev–Trinajstić information content (AvgIpc) is 2.78. The fourth-order valence-corrected chi connectivity index (χ4v) is 1.79. The second kappa shape index (κ2) is 4.92. The number of nitrogens with zero attached hydrogens (tertiary/aromatic N) is 4. The third kappa shape index (κ3) is 2.19. The van der Waals surface area contributed by atoms with Crippen LogP contribution in [-0.2, 0) is 6.42 Å². The molecule has 0 amide bonds. The lowest BCUT2D eigenvalue weighted by atomic mass is 10.2. The molecule has 0 aliphatic heterocycles. The zero-order valence-corrected chi connectivity index (χ0v) is 10.5. The van der Waals surface area contributed by atoms with Crippen molar-refractivity contribution in [1.29, 1.82) is 0 Å². The van der Waals surface area contributed by atoms with E-state index in [2.05, 4.69) is 10.3 Å². The van der Waals surface area contributed by atoms with Crippen molar-refractivity contribution in [2.75, 3.05) is 12.8 Å². The van der Waals surface area contributed by atoms with Gasteiger partial charge in [0.1, 0.15) is 5.69 Å². The molecule has 0 fully saturated rings. The molecule has 0 radical (unpaired) electrons. The van der Waals surface area contributed by atoms with Crippen molar-refractivity contribution in [3.63, 3.8) is 0 Å². The molecule has 2 aromatic rings. The minimum absolute atomic E-state index is 0.0493. The van der Waals surface area contributed by atoms with Crippen LogP contribution in [0.5, 0.6) is 5.75 Å². The standard InChI is InChI=1S/C11H13N5O3/c1-3-8-11(12)13-14-15(8)9-5-4-7(16(17)18)6-10(9)19-2/h4-6H,3,12H2,1-2H3. The van der Waals surface area contributed by atoms with Gasteiger partial charge in [-0.05, 0) is 12.5 Å². The summed E-state index contributed by atoms with van der Waals surface area (Å²) in [6, 6.07) is 4.28. The summed E-state index contributed by atoms with van der Waals surface area (Å²) in [5, 5.41) is 18.5. The molecule has 2 N–H and O–H groups in total. The van der Waals surface area contributed by atoms with E-state index in [-0.39, 0.29) is 5.69 Å². The van der Waals surface area contributed by atoms with Gasteiger partial charge in [-0.1, -0.05) is 12.1 Å². The molecule has 0 aliphatic rings. The molecule has 0 bridgehead atoms. The van der Waals surface area contributed by atoms with Crippen molar-refractivity contribution in [3.8, 4) is 11.4 Å². The summed E-state index contributed by atoms with van der Waals surface area (Å²) in [6.07, 6.45) is 0.638. The van der Waals surface area contributed by atoms with Crippen LogP contribution in [0.2, 0.25) is 0 Å². The number of hydrogen-bond acceptors (Lipinski definition) is 6. The van der Waals surface area contributed by atoms with Gasteiger partial charge in [-0.15, -0.1) is 5.10 Å². The van der Waals surface area contributed by atoms with Crippen LogP contribution in [0, 0.1) is 10.1 Å². The minimum atomic E-state index is -0.483. The second-order valence-corrected chi connectivity index (χ2v) is 3.80. The molecule has 19 heavy (non-hydrogen) atoms. The SMILES string of the molecule is CCc1c(N)nnn1-c1ccc([N+](=O)[O-])cc1OC. The quantitative estimate of drug-likeness (QED) is 0.658. The van der Waals surface area contributed by atoms with Crippen LogP contribution in [0.4, 0.5) is 11.5 Å². The highest BCUT2D eigenvalue weighted by molar-refractivity contribution is 5.54. The molecule has 1 aromatic carbocycles. The maximum absolute atomic E-state index is 10.7. The molecule has 1 heterocycles. The van der Waals surface area contributed by atoms with Crippen LogP contribution in [-0.4, -0.2) is 27.0 Å². The fraction of sp³-hybridized carbons (Fsp3) is 0.273. The van der Waals surface area contributed by atoms with E-state index in [1.807, 2.05) is 6.92 Å². The number of anilines is 1. The van der Waals surface area contributed by atoms with Gasteiger partial charge in [-0.3, -0.25) is 10.1 Å². The normalized spacial score (nSPS) is 10.4. The van der Waals surface area contributed by atoms with E-state index >= 15 is 0 Å². The molecule has 1 aromatic heterocycles. The molecule has 0 saturated heterocycles. The lowest BCUT2D eigenvalue weighted by molar-refractivity contribution is -0.384. The van der Waals surface area contributed by atoms with E-state index in [9.17, 15) is 10.1 Å². The Hall–Kier alpha value is -2.64. The van der Waals surface area contributed by atoms with E-state index in [4.69, 9.17) is 10.5 Å². The molecule has 0 saturated carbocycles. The summed E-state index contributed by atoms with van der Waals surface area (Å²) < 4.78 is 6.69. The Labute approximate surface area is 108 Å². The molecule has 0 spiro atoms. The lowest BCUT2D eigenvalue weighted by Gasteiger charge is -2.09. The molecule has 100 valence electrons. The number of methoxy groups -OCH3 is 1. The van der Waals surface area contributed by atoms with Crippen molar-refractivity contribution in [2.24, 2.45) is 0 Å². The number of nitrogen functional groups attached to an aromatic ring is 1. The van der Waals surface area contributed by atoms with Crippen molar-refractivity contribution < 1.29 is 9.66 Å². The highest BCUT2D eigenvalue weighted by Crippen LogP contribution is 2.29. The van der Waals surface area contributed by atoms with Gasteiger partial charge in [0, 0.05) is 6.07 Å². The van der Waals surface area contributed by atoms with Crippen LogP contribution < -0.4 is 10.5 Å². The molecular weight excluding hydrogens is 250 g/mol. The minimum Gasteiger partial charge on any atom is -0.494 e. The van der Waals surface area contributed by atoms with Crippen LogP contribution in [0.3, 0.4) is 0 Å². The first-order chi connectivity index (χ1) is 9.08. The third-order valence-corrected chi connectivity index (χ3v) is 2.73. The summed E-state index contributed by atoms with van der Waals surface area (Å²) in [7, 11) is 1.44. The molecule has 2 rings (SSSR count). The molecular formula is C11H13N5O3. The highest BCUT2D eigenvalue weighted by atomic mass is 16.6. The highest BCUT2D eigenvalue weighted by Gasteiger charge is 2.17. The number of nitrogens with two attached hydrogens (primary N) is 1. The van der Waals surface area contributed by atoms with Crippen molar-refractivity contribution >= 4 is 11.5 Å². The Morgan fingerprint density at radius 1 is 1.53 bits per heavy atom. The molecule has 8 nitrogen and oxygen atoms in total. The number of nitro benzene ring substituents is 1. The lowest BCUT2D eigenvalue weighted by Crippen LogP contribution is -2.05. The molecule has 0 unspecified atom stereocenters. The number of hydrogen-bond donors (Lipinski definition) is 1. The van der Waals surface area contributed by atoms with Gasteiger partial charge in [-0.25, -0.2) is 4.68 Å². The topological polar surface area (TPSA) is 109 Å². The number of benzene rings is 1.